The highest BCUT2D eigenvalue weighted by Gasteiger charge is 2.45. The molecule has 134 valence electrons. The molecule has 2 aliphatic rings. The maximum absolute atomic E-state index is 6.34. The average molecular weight is 463 g/mol. The Bertz CT molecular complexity index is 574. The van der Waals surface area contributed by atoms with Crippen LogP contribution in [0.4, 0.5) is 0 Å². The van der Waals surface area contributed by atoms with Crippen molar-refractivity contribution in [3.63, 3.8) is 0 Å². The van der Waals surface area contributed by atoms with Crippen molar-refractivity contribution >= 4 is 41.5 Å². The van der Waals surface area contributed by atoms with E-state index in [4.69, 9.17) is 17.3 Å². The molecular weight excluding hydrogens is 435 g/mol. The Morgan fingerprint density at radius 1 is 1.42 bits per heavy atom. The van der Waals surface area contributed by atoms with Crippen molar-refractivity contribution in [2.45, 2.75) is 44.1 Å². The highest BCUT2D eigenvalue weighted by atomic mass is 127. The van der Waals surface area contributed by atoms with Crippen LogP contribution < -0.4 is 11.1 Å². The molecule has 1 aliphatic carbocycles. The minimum Gasteiger partial charge on any atom is -0.370 e. The summed E-state index contributed by atoms with van der Waals surface area (Å²) in [6.07, 6.45) is 4.81. The quantitative estimate of drug-likeness (QED) is 0.387. The summed E-state index contributed by atoms with van der Waals surface area (Å²) in [6, 6.07) is 8.69. The van der Waals surface area contributed by atoms with Gasteiger partial charge in [0.25, 0.3) is 0 Å². The van der Waals surface area contributed by atoms with Crippen LogP contribution in [0.5, 0.6) is 0 Å². The maximum atomic E-state index is 6.34. The zero-order valence-electron chi connectivity index (χ0n) is 14.3. The minimum atomic E-state index is 0. The number of halogens is 2. The minimum absolute atomic E-state index is 0. The van der Waals surface area contributed by atoms with Crippen LogP contribution in [0.15, 0.2) is 29.3 Å². The van der Waals surface area contributed by atoms with Crippen molar-refractivity contribution in [1.82, 2.24) is 10.2 Å². The molecular formula is C18H28ClIN4. The third-order valence-electron chi connectivity index (χ3n) is 5.27. The van der Waals surface area contributed by atoms with E-state index in [-0.39, 0.29) is 29.4 Å². The van der Waals surface area contributed by atoms with Crippen LogP contribution in [0.2, 0.25) is 5.02 Å². The first kappa shape index (κ1) is 19.8. The van der Waals surface area contributed by atoms with Gasteiger partial charge < -0.3 is 11.1 Å². The van der Waals surface area contributed by atoms with Crippen molar-refractivity contribution in [2.24, 2.45) is 10.7 Å². The summed E-state index contributed by atoms with van der Waals surface area (Å²) in [4.78, 5) is 7.10. The molecule has 3 rings (SSSR count). The van der Waals surface area contributed by atoms with Gasteiger partial charge in [0.2, 0.25) is 0 Å². The highest BCUT2D eigenvalue weighted by Crippen LogP contribution is 2.50. The zero-order valence-corrected chi connectivity index (χ0v) is 17.4. The predicted octanol–water partition coefficient (Wildman–Crippen LogP) is 3.38. The molecule has 6 heteroatoms. The van der Waals surface area contributed by atoms with Gasteiger partial charge in [0.15, 0.2) is 5.96 Å². The molecule has 4 nitrogen and oxygen atoms in total. The van der Waals surface area contributed by atoms with E-state index < -0.39 is 0 Å². The van der Waals surface area contributed by atoms with E-state index in [1.54, 1.807) is 0 Å². The lowest BCUT2D eigenvalue weighted by Crippen LogP contribution is -2.43. The molecule has 1 saturated carbocycles. The largest absolute Gasteiger partial charge is 0.370 e. The van der Waals surface area contributed by atoms with Crippen LogP contribution >= 0.6 is 35.6 Å². The third-order valence-corrected chi connectivity index (χ3v) is 5.60. The molecule has 1 unspecified atom stereocenters. The smallest absolute Gasteiger partial charge is 0.188 e. The summed E-state index contributed by atoms with van der Waals surface area (Å²) in [5.41, 5.74) is 7.40. The summed E-state index contributed by atoms with van der Waals surface area (Å²) < 4.78 is 0. The summed E-state index contributed by atoms with van der Waals surface area (Å²) >= 11 is 6.34. The lowest BCUT2D eigenvalue weighted by atomic mass is 9.96. The van der Waals surface area contributed by atoms with Crippen molar-refractivity contribution < 1.29 is 0 Å². The molecule has 1 aliphatic heterocycles. The first-order valence-corrected chi connectivity index (χ1v) is 9.05. The number of likely N-dealkylation sites (N-methyl/N-ethyl adjacent to an activating group) is 1. The van der Waals surface area contributed by atoms with Gasteiger partial charge in [0.05, 0.1) is 6.54 Å². The summed E-state index contributed by atoms with van der Waals surface area (Å²) in [7, 11) is 0. The topological polar surface area (TPSA) is 53.6 Å². The molecule has 1 atom stereocenters. The lowest BCUT2D eigenvalue weighted by molar-refractivity contribution is 0.267. The fraction of sp³-hybridized carbons (Fsp3) is 0.611. The Morgan fingerprint density at radius 2 is 2.17 bits per heavy atom. The van der Waals surface area contributed by atoms with Crippen LogP contribution in [-0.2, 0) is 5.41 Å². The molecule has 3 N–H and O–H groups in total. The number of rotatable bonds is 6. The Kier molecular flexibility index (Phi) is 7.19. The van der Waals surface area contributed by atoms with E-state index in [9.17, 15) is 0 Å². The zero-order chi connectivity index (χ0) is 16.3. The molecule has 2 fully saturated rings. The third kappa shape index (κ3) is 4.55. The van der Waals surface area contributed by atoms with Gasteiger partial charge in [-0.2, -0.15) is 0 Å². The van der Waals surface area contributed by atoms with Gasteiger partial charge in [-0.3, -0.25) is 9.89 Å². The Morgan fingerprint density at radius 3 is 2.83 bits per heavy atom. The van der Waals surface area contributed by atoms with Crippen LogP contribution in [0.1, 0.15) is 38.2 Å². The molecule has 1 saturated heterocycles. The summed E-state index contributed by atoms with van der Waals surface area (Å²) in [5.74, 6) is 0.561. The molecule has 0 radical (unpaired) electrons. The normalized spacial score (nSPS) is 22.9. The van der Waals surface area contributed by atoms with Crippen LogP contribution in [0.25, 0.3) is 0 Å². The first-order valence-electron chi connectivity index (χ1n) is 8.67. The Balaban J connectivity index is 0.00000208. The Labute approximate surface area is 167 Å². The number of benzene rings is 1. The monoisotopic (exact) mass is 462 g/mol. The fourth-order valence-electron chi connectivity index (χ4n) is 3.61. The van der Waals surface area contributed by atoms with Gasteiger partial charge in [0.1, 0.15) is 0 Å². The average Bonchev–Trinajstić information content (AvgIpc) is 3.21. The number of aliphatic imine (C=N–C) groups is 1. The number of nitrogens with zero attached hydrogens (tertiary/aromatic N) is 2. The van der Waals surface area contributed by atoms with Gasteiger partial charge in [0, 0.05) is 23.0 Å². The van der Waals surface area contributed by atoms with E-state index in [1.165, 1.54) is 24.9 Å². The number of nitrogens with two attached hydrogens (primary N) is 1. The number of likely N-dealkylation sites (tertiary alicyclic amines) is 1. The molecule has 24 heavy (non-hydrogen) atoms. The molecule has 0 spiro atoms. The fourth-order valence-corrected chi connectivity index (χ4v) is 3.95. The summed E-state index contributed by atoms with van der Waals surface area (Å²) in [6.45, 7) is 6.14. The molecule has 1 aromatic carbocycles. The van der Waals surface area contributed by atoms with E-state index in [1.807, 2.05) is 18.2 Å². The number of hydrogen-bond donors (Lipinski definition) is 2. The second-order valence-electron chi connectivity index (χ2n) is 6.77. The second kappa shape index (κ2) is 8.72. The highest BCUT2D eigenvalue weighted by molar-refractivity contribution is 14.0. The number of hydrogen-bond acceptors (Lipinski definition) is 2. The van der Waals surface area contributed by atoms with E-state index >= 15 is 0 Å². The van der Waals surface area contributed by atoms with Crippen molar-refractivity contribution in [2.75, 3.05) is 26.2 Å². The van der Waals surface area contributed by atoms with Crippen LogP contribution in [0, 0.1) is 0 Å². The van der Waals surface area contributed by atoms with E-state index in [2.05, 4.69) is 28.2 Å². The molecule has 0 amide bonds. The van der Waals surface area contributed by atoms with Gasteiger partial charge in [-0.25, -0.2) is 0 Å². The van der Waals surface area contributed by atoms with Gasteiger partial charge in [-0.1, -0.05) is 36.7 Å². The van der Waals surface area contributed by atoms with Crippen molar-refractivity contribution in [1.29, 1.82) is 0 Å². The van der Waals surface area contributed by atoms with Gasteiger partial charge in [-0.05, 0) is 50.4 Å². The molecule has 0 bridgehead atoms. The van der Waals surface area contributed by atoms with Crippen molar-refractivity contribution in [3.05, 3.63) is 34.9 Å². The molecule has 1 heterocycles. The maximum Gasteiger partial charge on any atom is 0.188 e. The van der Waals surface area contributed by atoms with Gasteiger partial charge in [-0.15, -0.1) is 24.0 Å². The number of nitrogens with one attached hydrogen (secondary N) is 1. The summed E-state index contributed by atoms with van der Waals surface area (Å²) in [5, 5.41) is 4.15. The predicted molar refractivity (Wildman–Crippen MR) is 113 cm³/mol. The van der Waals surface area contributed by atoms with Crippen molar-refractivity contribution in [3.8, 4) is 0 Å². The standard InChI is InChI=1S/C18H27ClN4.HI/c1-2-23-11-5-6-14(23)12-21-17(20)22-13-18(9-10-18)15-7-3-4-8-16(15)19;/h3-4,7-8,14H,2,5-6,9-13H2,1H3,(H3,20,21,22);1H. The van der Waals surface area contributed by atoms with Crippen LogP contribution in [-0.4, -0.2) is 43.1 Å². The first-order chi connectivity index (χ1) is 11.1. The number of guanidine groups is 1. The molecule has 0 aromatic heterocycles. The van der Waals surface area contributed by atoms with E-state index in [0.29, 0.717) is 12.0 Å². The second-order valence-corrected chi connectivity index (χ2v) is 7.17. The SMILES string of the molecule is CCN1CCCC1CNC(N)=NCC1(c2ccccc2Cl)CC1.I. The van der Waals surface area contributed by atoms with Crippen LogP contribution in [0.3, 0.4) is 0 Å². The molecule has 1 aromatic rings. The van der Waals surface area contributed by atoms with Gasteiger partial charge >= 0.3 is 0 Å². The lowest BCUT2D eigenvalue weighted by Gasteiger charge is -2.23. The Hall–Kier alpha value is -0.530. The van der Waals surface area contributed by atoms with E-state index in [0.717, 1.165) is 37.5 Å².